The monoisotopic (exact) mass is 442 g/mol. The summed E-state index contributed by atoms with van der Waals surface area (Å²) >= 11 is 0. The van der Waals surface area contributed by atoms with Crippen LogP contribution in [0.1, 0.15) is 16.8 Å². The summed E-state index contributed by atoms with van der Waals surface area (Å²) in [6.45, 7) is 5.83. The van der Waals surface area contributed by atoms with Gasteiger partial charge in [0.2, 0.25) is 0 Å². The third-order valence-electron chi connectivity index (χ3n) is 5.90. The molecule has 1 unspecified atom stereocenters. The van der Waals surface area contributed by atoms with E-state index in [2.05, 4.69) is 57.7 Å². The van der Waals surface area contributed by atoms with Crippen molar-refractivity contribution in [1.82, 2.24) is 19.6 Å². The van der Waals surface area contributed by atoms with Crippen LogP contribution in [0.2, 0.25) is 0 Å². The number of morpholine rings is 1. The summed E-state index contributed by atoms with van der Waals surface area (Å²) in [7, 11) is 0. The molecule has 0 bridgehead atoms. The van der Waals surface area contributed by atoms with E-state index in [0.29, 0.717) is 6.61 Å². The Bertz CT molecular complexity index is 1110. The Balaban J connectivity index is 1.05. The van der Waals surface area contributed by atoms with Gasteiger partial charge in [-0.15, -0.1) is 0 Å². The average molecular weight is 443 g/mol. The fourth-order valence-corrected chi connectivity index (χ4v) is 4.18. The lowest BCUT2D eigenvalue weighted by molar-refractivity contribution is -0.0300. The van der Waals surface area contributed by atoms with Crippen LogP contribution in [0.4, 0.5) is 0 Å². The van der Waals surface area contributed by atoms with Crippen molar-refractivity contribution in [2.45, 2.75) is 25.8 Å². The summed E-state index contributed by atoms with van der Waals surface area (Å²) in [6.07, 6.45) is 4.21. The number of rotatable bonds is 9. The van der Waals surface area contributed by atoms with Gasteiger partial charge in [-0.05, 0) is 35.4 Å². The number of imidazole rings is 1. The second-order valence-corrected chi connectivity index (χ2v) is 8.48. The maximum Gasteiger partial charge on any atom is 0.137 e. The molecule has 6 nitrogen and oxygen atoms in total. The van der Waals surface area contributed by atoms with E-state index in [0.717, 1.165) is 56.4 Å². The molecule has 170 valence electrons. The van der Waals surface area contributed by atoms with Crippen molar-refractivity contribution in [3.05, 3.63) is 102 Å². The molecule has 1 N–H and O–H groups in total. The van der Waals surface area contributed by atoms with E-state index in [9.17, 15) is 0 Å². The lowest BCUT2D eigenvalue weighted by Gasteiger charge is -2.33. The molecular weight excluding hydrogens is 412 g/mol. The number of nitrogens with zero attached hydrogens (tertiary/aromatic N) is 3. The molecule has 2 aromatic heterocycles. The van der Waals surface area contributed by atoms with Crippen LogP contribution in [0, 0.1) is 0 Å². The maximum atomic E-state index is 5.97. The molecule has 0 saturated carbocycles. The van der Waals surface area contributed by atoms with Crippen LogP contribution in [0.5, 0.6) is 5.75 Å². The van der Waals surface area contributed by atoms with Gasteiger partial charge in [0.25, 0.3) is 0 Å². The van der Waals surface area contributed by atoms with Crippen LogP contribution < -0.4 is 10.1 Å². The van der Waals surface area contributed by atoms with Gasteiger partial charge < -0.3 is 19.2 Å². The fourth-order valence-electron chi connectivity index (χ4n) is 4.18. The summed E-state index contributed by atoms with van der Waals surface area (Å²) in [5, 5.41) is 3.54. The van der Waals surface area contributed by atoms with Gasteiger partial charge in [0, 0.05) is 45.1 Å². The molecular formula is C27H30N4O2. The van der Waals surface area contributed by atoms with Crippen molar-refractivity contribution in [1.29, 1.82) is 0 Å². The topological polar surface area (TPSA) is 51.0 Å². The molecule has 1 atom stereocenters. The van der Waals surface area contributed by atoms with Gasteiger partial charge in [0.05, 0.1) is 18.4 Å². The first-order valence-corrected chi connectivity index (χ1v) is 11.5. The Hall–Kier alpha value is -3.19. The Labute approximate surface area is 194 Å². The van der Waals surface area contributed by atoms with Crippen LogP contribution in [-0.2, 0) is 24.4 Å². The lowest BCUT2D eigenvalue weighted by atomic mass is 10.2. The van der Waals surface area contributed by atoms with Gasteiger partial charge in [-0.3, -0.25) is 4.90 Å². The van der Waals surface area contributed by atoms with E-state index in [1.54, 1.807) is 0 Å². The summed E-state index contributed by atoms with van der Waals surface area (Å²) in [6, 6.07) is 24.9. The van der Waals surface area contributed by atoms with Gasteiger partial charge in [-0.25, -0.2) is 4.98 Å². The maximum absolute atomic E-state index is 5.97. The zero-order valence-corrected chi connectivity index (χ0v) is 18.8. The SMILES string of the molecule is c1ccc(CN2CCOC(CNCc3ccc(OCc4cn5ccccc5n4)cc3)C2)cc1. The molecule has 6 heteroatoms. The highest BCUT2D eigenvalue weighted by atomic mass is 16.5. The second-order valence-electron chi connectivity index (χ2n) is 8.48. The van der Waals surface area contributed by atoms with Gasteiger partial charge in [0.1, 0.15) is 18.0 Å². The lowest BCUT2D eigenvalue weighted by Crippen LogP contribution is -2.46. The Morgan fingerprint density at radius 2 is 1.82 bits per heavy atom. The number of fused-ring (bicyclic) bond motifs is 1. The molecule has 0 aliphatic carbocycles. The predicted molar refractivity (Wildman–Crippen MR) is 129 cm³/mol. The smallest absolute Gasteiger partial charge is 0.137 e. The Kier molecular flexibility index (Phi) is 6.96. The van der Waals surface area contributed by atoms with Crippen LogP contribution in [0.15, 0.2) is 85.2 Å². The number of hydrogen-bond donors (Lipinski definition) is 1. The summed E-state index contributed by atoms with van der Waals surface area (Å²) < 4.78 is 13.9. The van der Waals surface area contributed by atoms with E-state index in [4.69, 9.17) is 9.47 Å². The first kappa shape index (κ1) is 21.6. The number of aromatic nitrogens is 2. The number of ether oxygens (including phenoxy) is 2. The average Bonchev–Trinajstić information content (AvgIpc) is 3.28. The molecule has 0 amide bonds. The molecule has 1 fully saturated rings. The van der Waals surface area contributed by atoms with E-state index in [1.807, 2.05) is 47.1 Å². The molecule has 0 spiro atoms. The first-order valence-electron chi connectivity index (χ1n) is 11.5. The summed E-state index contributed by atoms with van der Waals surface area (Å²) in [4.78, 5) is 7.04. The highest BCUT2D eigenvalue weighted by Gasteiger charge is 2.20. The Morgan fingerprint density at radius 1 is 0.970 bits per heavy atom. The fraction of sp³-hybridized carbons (Fsp3) is 0.296. The van der Waals surface area contributed by atoms with E-state index < -0.39 is 0 Å². The van der Waals surface area contributed by atoms with Crippen molar-refractivity contribution in [3.63, 3.8) is 0 Å². The van der Waals surface area contributed by atoms with Gasteiger partial charge in [-0.1, -0.05) is 48.5 Å². The third-order valence-corrected chi connectivity index (χ3v) is 5.90. The highest BCUT2D eigenvalue weighted by Crippen LogP contribution is 2.15. The van der Waals surface area contributed by atoms with Crippen LogP contribution in [-0.4, -0.2) is 46.6 Å². The third kappa shape index (κ3) is 5.99. The number of pyridine rings is 1. The second kappa shape index (κ2) is 10.6. The van der Waals surface area contributed by atoms with Crippen LogP contribution >= 0.6 is 0 Å². The number of nitrogens with one attached hydrogen (secondary N) is 1. The molecule has 1 aliphatic heterocycles. The van der Waals surface area contributed by atoms with Gasteiger partial charge >= 0.3 is 0 Å². The molecule has 4 aromatic rings. The number of hydrogen-bond acceptors (Lipinski definition) is 5. The van der Waals surface area contributed by atoms with Crippen molar-refractivity contribution in [3.8, 4) is 5.75 Å². The summed E-state index contributed by atoms with van der Waals surface area (Å²) in [5.74, 6) is 0.850. The molecule has 3 heterocycles. The molecule has 2 aromatic carbocycles. The van der Waals surface area contributed by atoms with Crippen molar-refractivity contribution >= 4 is 5.65 Å². The van der Waals surface area contributed by atoms with Crippen LogP contribution in [0.25, 0.3) is 5.65 Å². The van der Waals surface area contributed by atoms with Crippen molar-refractivity contribution in [2.24, 2.45) is 0 Å². The Morgan fingerprint density at radius 3 is 2.67 bits per heavy atom. The zero-order chi connectivity index (χ0) is 22.3. The van der Waals surface area contributed by atoms with E-state index in [-0.39, 0.29) is 6.10 Å². The first-order chi connectivity index (χ1) is 16.3. The molecule has 0 radical (unpaired) electrons. The normalized spacial score (nSPS) is 16.8. The highest BCUT2D eigenvalue weighted by molar-refractivity contribution is 5.39. The molecule has 1 saturated heterocycles. The van der Waals surface area contributed by atoms with Crippen LogP contribution in [0.3, 0.4) is 0 Å². The zero-order valence-electron chi connectivity index (χ0n) is 18.8. The molecule has 33 heavy (non-hydrogen) atoms. The number of benzene rings is 2. The minimum atomic E-state index is 0.218. The van der Waals surface area contributed by atoms with E-state index in [1.165, 1.54) is 11.1 Å². The molecule has 5 rings (SSSR count). The quantitative estimate of drug-likeness (QED) is 0.426. The minimum absolute atomic E-state index is 0.218. The molecule has 1 aliphatic rings. The minimum Gasteiger partial charge on any atom is -0.487 e. The van der Waals surface area contributed by atoms with Crippen molar-refractivity contribution in [2.75, 3.05) is 26.2 Å². The largest absolute Gasteiger partial charge is 0.487 e. The standard InChI is InChI=1S/C27H30N4O2/c1-2-6-23(7-3-1)18-30-14-15-32-26(20-30)17-28-16-22-9-11-25(12-10-22)33-21-24-19-31-13-5-4-8-27(31)29-24/h1-13,19,26,28H,14-18,20-21H2. The van der Waals surface area contributed by atoms with Gasteiger partial charge in [-0.2, -0.15) is 0 Å². The summed E-state index contributed by atoms with van der Waals surface area (Å²) in [5.41, 5.74) is 4.44. The predicted octanol–water partition coefficient (Wildman–Crippen LogP) is 3.90. The van der Waals surface area contributed by atoms with Gasteiger partial charge in [0.15, 0.2) is 0 Å². The van der Waals surface area contributed by atoms with E-state index >= 15 is 0 Å². The van der Waals surface area contributed by atoms with Crippen molar-refractivity contribution < 1.29 is 9.47 Å².